The van der Waals surface area contributed by atoms with Gasteiger partial charge in [-0.15, -0.1) is 0 Å². The summed E-state index contributed by atoms with van der Waals surface area (Å²) in [5.41, 5.74) is -1.20. The van der Waals surface area contributed by atoms with E-state index in [4.69, 9.17) is 9.47 Å². The van der Waals surface area contributed by atoms with Gasteiger partial charge in [-0.1, -0.05) is 6.92 Å². The van der Waals surface area contributed by atoms with E-state index in [2.05, 4.69) is 21.8 Å². The number of hydrogen-bond acceptors (Lipinski definition) is 7. The Morgan fingerprint density at radius 3 is 2.60 bits per heavy atom. The molecule has 1 aliphatic carbocycles. The number of piperidine rings is 1. The van der Waals surface area contributed by atoms with E-state index in [1.54, 1.807) is 13.0 Å². The molecule has 1 saturated carbocycles. The maximum atomic E-state index is 11.2. The molecule has 2 fully saturated rings. The number of carboxylic acid groups (broad SMARTS) is 1. The monoisotopic (exact) mass is 357 g/mol. The fraction of sp³-hybridized carbons (Fsp3) is 0.706. The SMILES string of the molecule is CCCOC1CCN(c2cc(OC3(C(=O)[O-])CC3)nc(C)n2)CC1.[Na+]. The van der Waals surface area contributed by atoms with Gasteiger partial charge in [0, 0.05) is 25.8 Å². The van der Waals surface area contributed by atoms with Crippen molar-refractivity contribution in [1.82, 2.24) is 9.97 Å². The van der Waals surface area contributed by atoms with E-state index in [-0.39, 0.29) is 29.6 Å². The Balaban J connectivity index is 0.00000225. The second-order valence-electron chi connectivity index (χ2n) is 6.55. The molecule has 8 heteroatoms. The Morgan fingerprint density at radius 1 is 1.36 bits per heavy atom. The predicted molar refractivity (Wildman–Crippen MR) is 85.8 cm³/mol. The van der Waals surface area contributed by atoms with Gasteiger partial charge in [0.25, 0.3) is 0 Å². The van der Waals surface area contributed by atoms with Crippen LogP contribution in [0.5, 0.6) is 5.88 Å². The Morgan fingerprint density at radius 2 is 2.04 bits per heavy atom. The number of carbonyl (C=O) groups excluding carboxylic acids is 1. The zero-order chi connectivity index (χ0) is 17.2. The van der Waals surface area contributed by atoms with E-state index in [0.717, 1.165) is 44.8 Å². The average Bonchev–Trinajstić information content (AvgIpc) is 3.34. The summed E-state index contributed by atoms with van der Waals surface area (Å²) in [6.07, 6.45) is 4.20. The van der Waals surface area contributed by atoms with Gasteiger partial charge >= 0.3 is 29.6 Å². The first-order chi connectivity index (χ1) is 11.5. The number of aryl methyl sites for hydroxylation is 1. The van der Waals surface area contributed by atoms with E-state index in [0.29, 0.717) is 30.7 Å². The van der Waals surface area contributed by atoms with Crippen LogP contribution in [0.4, 0.5) is 5.82 Å². The van der Waals surface area contributed by atoms with Crippen molar-refractivity contribution in [1.29, 1.82) is 0 Å². The molecule has 2 heterocycles. The molecular formula is C17H24N3NaO4. The maximum absolute atomic E-state index is 11.2. The first kappa shape index (κ1) is 20.4. The van der Waals surface area contributed by atoms with Gasteiger partial charge in [0.1, 0.15) is 11.6 Å². The van der Waals surface area contributed by atoms with E-state index < -0.39 is 11.6 Å². The third kappa shape index (κ3) is 5.06. The van der Waals surface area contributed by atoms with Crippen molar-refractivity contribution in [3.05, 3.63) is 11.9 Å². The van der Waals surface area contributed by atoms with Crippen LogP contribution in [0.2, 0.25) is 0 Å². The summed E-state index contributed by atoms with van der Waals surface area (Å²) < 4.78 is 11.4. The van der Waals surface area contributed by atoms with Crippen LogP contribution in [0.1, 0.15) is 44.9 Å². The smallest absolute Gasteiger partial charge is 0.546 e. The van der Waals surface area contributed by atoms with E-state index in [1.807, 2.05) is 0 Å². The molecule has 7 nitrogen and oxygen atoms in total. The number of ether oxygens (including phenoxy) is 2. The molecule has 0 radical (unpaired) electrons. The molecule has 1 aromatic rings. The van der Waals surface area contributed by atoms with Gasteiger partial charge in [0.15, 0.2) is 5.60 Å². The zero-order valence-corrected chi connectivity index (χ0v) is 17.3. The molecule has 2 aliphatic rings. The molecule has 0 amide bonds. The van der Waals surface area contributed by atoms with Gasteiger partial charge in [0.05, 0.1) is 12.1 Å². The van der Waals surface area contributed by atoms with Gasteiger partial charge in [-0.25, -0.2) is 4.98 Å². The molecule has 0 atom stereocenters. The van der Waals surface area contributed by atoms with E-state index >= 15 is 0 Å². The number of aliphatic carboxylic acids is 1. The molecule has 25 heavy (non-hydrogen) atoms. The van der Waals surface area contributed by atoms with Gasteiger partial charge in [-0.05, 0) is 39.0 Å². The fourth-order valence-corrected chi connectivity index (χ4v) is 2.94. The second kappa shape index (κ2) is 8.66. The van der Waals surface area contributed by atoms with Crippen LogP contribution in [0.3, 0.4) is 0 Å². The van der Waals surface area contributed by atoms with Crippen molar-refractivity contribution in [3.8, 4) is 5.88 Å². The van der Waals surface area contributed by atoms with Crippen molar-refractivity contribution in [3.63, 3.8) is 0 Å². The Bertz CT molecular complexity index is 602. The summed E-state index contributed by atoms with van der Waals surface area (Å²) in [7, 11) is 0. The van der Waals surface area contributed by atoms with Crippen LogP contribution in [0.15, 0.2) is 6.07 Å². The van der Waals surface area contributed by atoms with Crippen LogP contribution in [0.25, 0.3) is 0 Å². The van der Waals surface area contributed by atoms with Crippen LogP contribution >= 0.6 is 0 Å². The third-order valence-corrected chi connectivity index (χ3v) is 4.50. The van der Waals surface area contributed by atoms with Crippen molar-refractivity contribution in [2.45, 2.75) is 57.7 Å². The molecule has 0 N–H and O–H groups in total. The summed E-state index contributed by atoms with van der Waals surface area (Å²) in [5.74, 6) is 0.486. The summed E-state index contributed by atoms with van der Waals surface area (Å²) >= 11 is 0. The second-order valence-corrected chi connectivity index (χ2v) is 6.55. The molecule has 0 unspecified atom stereocenters. The number of carbonyl (C=O) groups is 1. The van der Waals surface area contributed by atoms with Crippen LogP contribution in [-0.2, 0) is 9.53 Å². The molecule has 132 valence electrons. The van der Waals surface area contributed by atoms with E-state index in [1.165, 1.54) is 0 Å². The number of rotatable bonds is 7. The van der Waals surface area contributed by atoms with Crippen molar-refractivity contribution < 1.29 is 48.9 Å². The summed E-state index contributed by atoms with van der Waals surface area (Å²) in [6.45, 7) is 6.41. The predicted octanol–water partition coefficient (Wildman–Crippen LogP) is -2.15. The molecule has 0 bridgehead atoms. The molecule has 1 saturated heterocycles. The van der Waals surface area contributed by atoms with Gasteiger partial charge < -0.3 is 24.3 Å². The summed E-state index contributed by atoms with van der Waals surface area (Å²) in [6, 6.07) is 1.73. The summed E-state index contributed by atoms with van der Waals surface area (Å²) in [4.78, 5) is 22.0. The van der Waals surface area contributed by atoms with Crippen molar-refractivity contribution in [2.75, 3.05) is 24.6 Å². The van der Waals surface area contributed by atoms with E-state index in [9.17, 15) is 9.90 Å². The topological polar surface area (TPSA) is 87.6 Å². The van der Waals surface area contributed by atoms with Gasteiger partial charge in [-0.2, -0.15) is 4.98 Å². The standard InChI is InChI=1S/C17H25N3O4.Na/c1-3-10-23-13-4-8-20(9-5-13)14-11-15(19-12(2)18-14)24-17(6-7-17)16(21)22;/h11,13H,3-10H2,1-2H3,(H,21,22);/q;+1/p-1. The van der Waals surface area contributed by atoms with Crippen molar-refractivity contribution in [2.24, 2.45) is 0 Å². The first-order valence-corrected chi connectivity index (χ1v) is 8.65. The van der Waals surface area contributed by atoms with Gasteiger partial charge in [-0.3, -0.25) is 0 Å². The molecule has 1 aliphatic heterocycles. The quantitative estimate of drug-likeness (QED) is 0.514. The third-order valence-electron chi connectivity index (χ3n) is 4.50. The maximum Gasteiger partial charge on any atom is 1.00 e. The number of aromatic nitrogens is 2. The number of anilines is 1. The van der Waals surface area contributed by atoms with Crippen LogP contribution < -0.4 is 44.3 Å². The largest absolute Gasteiger partial charge is 1.00 e. The number of hydrogen-bond donors (Lipinski definition) is 0. The molecule has 3 rings (SSSR count). The normalized spacial score (nSPS) is 19.2. The van der Waals surface area contributed by atoms with Crippen LogP contribution in [0, 0.1) is 6.92 Å². The number of nitrogens with zero attached hydrogens (tertiary/aromatic N) is 3. The Kier molecular flexibility index (Phi) is 7.08. The molecule has 0 aromatic carbocycles. The summed E-state index contributed by atoms with van der Waals surface area (Å²) in [5, 5.41) is 11.2. The van der Waals surface area contributed by atoms with Crippen molar-refractivity contribution >= 4 is 11.8 Å². The number of carboxylic acids is 1. The molecular weight excluding hydrogens is 333 g/mol. The zero-order valence-electron chi connectivity index (χ0n) is 15.3. The first-order valence-electron chi connectivity index (χ1n) is 8.65. The minimum Gasteiger partial charge on any atom is -0.546 e. The minimum atomic E-state index is -1.20. The van der Waals surface area contributed by atoms with Gasteiger partial charge in [0.2, 0.25) is 5.88 Å². The van der Waals surface area contributed by atoms with Crippen LogP contribution in [-0.4, -0.2) is 47.3 Å². The Labute approximate surface area is 170 Å². The average molecular weight is 357 g/mol. The molecule has 0 spiro atoms. The Hall–Kier alpha value is -0.890. The minimum absolute atomic E-state index is 0. The molecule has 1 aromatic heterocycles. The fourth-order valence-electron chi connectivity index (χ4n) is 2.94.